The fourth-order valence-corrected chi connectivity index (χ4v) is 1.83. The van der Waals surface area contributed by atoms with Crippen molar-refractivity contribution in [3.8, 4) is 0 Å². The Labute approximate surface area is 106 Å². The summed E-state index contributed by atoms with van der Waals surface area (Å²) in [5.41, 5.74) is -0.0930. The molecule has 100 valence electrons. The first-order valence-corrected chi connectivity index (χ1v) is 6.25. The van der Waals surface area contributed by atoms with Crippen molar-refractivity contribution in [1.82, 2.24) is 14.5 Å². The maximum absolute atomic E-state index is 11.9. The maximum Gasteiger partial charge on any atom is 0.328 e. The number of carbonyl (C=O) groups is 1. The monoisotopic (exact) mass is 253 g/mol. The predicted octanol–water partition coefficient (Wildman–Crippen LogP) is 0.137. The number of aromatic nitrogens is 2. The summed E-state index contributed by atoms with van der Waals surface area (Å²) in [6.07, 6.45) is 6.34. The van der Waals surface area contributed by atoms with Crippen molar-refractivity contribution in [1.29, 1.82) is 0 Å². The second-order valence-corrected chi connectivity index (χ2v) is 4.54. The Morgan fingerprint density at radius 2 is 2.28 bits per heavy atom. The van der Waals surface area contributed by atoms with E-state index in [1.165, 1.54) is 4.57 Å². The van der Waals surface area contributed by atoms with E-state index in [1.54, 1.807) is 24.1 Å². The zero-order valence-electron chi connectivity index (χ0n) is 10.6. The van der Waals surface area contributed by atoms with Gasteiger partial charge in [-0.2, -0.15) is 0 Å². The molecule has 0 bridgehead atoms. The third kappa shape index (κ3) is 3.22. The Hall–Kier alpha value is -1.56. The standard InChI is InChI=1S/C12H19N3O3/c1-18-8-2-5-13-11(16)9-14-6-7-15(12(14)17)10-3-4-10/h6-7,10H,2-5,8-9H2,1H3,(H,13,16). The molecule has 6 heteroatoms. The van der Waals surface area contributed by atoms with E-state index in [2.05, 4.69) is 5.32 Å². The van der Waals surface area contributed by atoms with Gasteiger partial charge in [0.1, 0.15) is 6.54 Å². The highest BCUT2D eigenvalue weighted by Gasteiger charge is 2.25. The molecule has 1 fully saturated rings. The number of methoxy groups -OCH3 is 1. The van der Waals surface area contributed by atoms with Gasteiger partial charge in [0.25, 0.3) is 0 Å². The molecule has 1 heterocycles. The van der Waals surface area contributed by atoms with Crippen molar-refractivity contribution in [2.75, 3.05) is 20.3 Å². The Kier molecular flexibility index (Phi) is 4.19. The Morgan fingerprint density at radius 3 is 2.94 bits per heavy atom. The lowest BCUT2D eigenvalue weighted by Gasteiger charge is -2.05. The number of ether oxygens (including phenoxy) is 1. The molecule has 2 rings (SSSR count). The molecular weight excluding hydrogens is 234 g/mol. The lowest BCUT2D eigenvalue weighted by atomic mass is 10.4. The van der Waals surface area contributed by atoms with E-state index in [4.69, 9.17) is 4.74 Å². The lowest BCUT2D eigenvalue weighted by Crippen LogP contribution is -2.33. The van der Waals surface area contributed by atoms with Crippen LogP contribution < -0.4 is 11.0 Å². The first-order valence-electron chi connectivity index (χ1n) is 6.25. The van der Waals surface area contributed by atoms with Crippen molar-refractivity contribution in [2.45, 2.75) is 31.8 Å². The highest BCUT2D eigenvalue weighted by atomic mass is 16.5. The van der Waals surface area contributed by atoms with E-state index in [9.17, 15) is 9.59 Å². The zero-order chi connectivity index (χ0) is 13.0. The molecule has 0 atom stereocenters. The van der Waals surface area contributed by atoms with Gasteiger partial charge in [-0.3, -0.25) is 13.9 Å². The molecule has 0 radical (unpaired) electrons. The summed E-state index contributed by atoms with van der Waals surface area (Å²) in [5, 5.41) is 2.76. The minimum absolute atomic E-state index is 0.0888. The van der Waals surface area contributed by atoms with Crippen LogP contribution in [0.5, 0.6) is 0 Å². The van der Waals surface area contributed by atoms with Gasteiger partial charge in [-0.15, -0.1) is 0 Å². The molecule has 0 saturated heterocycles. The van der Waals surface area contributed by atoms with Crippen LogP contribution in [-0.4, -0.2) is 35.3 Å². The fraction of sp³-hybridized carbons (Fsp3) is 0.667. The summed E-state index contributed by atoms with van der Waals surface area (Å²) in [6.45, 7) is 1.29. The second kappa shape index (κ2) is 5.86. The molecule has 1 N–H and O–H groups in total. The van der Waals surface area contributed by atoms with Gasteiger partial charge in [-0.25, -0.2) is 4.79 Å². The van der Waals surface area contributed by atoms with Crippen LogP contribution in [0.4, 0.5) is 0 Å². The van der Waals surface area contributed by atoms with Gasteiger partial charge in [0.15, 0.2) is 0 Å². The smallest absolute Gasteiger partial charge is 0.328 e. The molecule has 6 nitrogen and oxygen atoms in total. The number of carbonyl (C=O) groups excluding carboxylic acids is 1. The molecular formula is C12H19N3O3. The number of nitrogens with zero attached hydrogens (tertiary/aromatic N) is 2. The Bertz CT molecular complexity index is 459. The van der Waals surface area contributed by atoms with Gasteiger partial charge in [-0.05, 0) is 19.3 Å². The SMILES string of the molecule is COCCCNC(=O)Cn1ccn(C2CC2)c1=O. The molecule has 0 aliphatic heterocycles. The topological polar surface area (TPSA) is 65.3 Å². The molecule has 1 amide bonds. The minimum atomic E-state index is -0.137. The number of hydrogen-bond donors (Lipinski definition) is 1. The first kappa shape index (κ1) is 12.9. The van der Waals surface area contributed by atoms with Crippen LogP contribution in [0.2, 0.25) is 0 Å². The van der Waals surface area contributed by atoms with Gasteiger partial charge in [0.05, 0.1) is 0 Å². The van der Waals surface area contributed by atoms with Crippen molar-refractivity contribution < 1.29 is 9.53 Å². The summed E-state index contributed by atoms with van der Waals surface area (Å²) in [5.74, 6) is -0.137. The predicted molar refractivity (Wildman–Crippen MR) is 66.5 cm³/mol. The Balaban J connectivity index is 1.81. The molecule has 0 unspecified atom stereocenters. The van der Waals surface area contributed by atoms with Crippen LogP contribution in [0, 0.1) is 0 Å². The summed E-state index contributed by atoms with van der Waals surface area (Å²) in [7, 11) is 1.63. The molecule has 1 aliphatic rings. The van der Waals surface area contributed by atoms with E-state index in [0.717, 1.165) is 19.3 Å². The highest BCUT2D eigenvalue weighted by molar-refractivity contribution is 5.75. The van der Waals surface area contributed by atoms with Crippen molar-refractivity contribution >= 4 is 5.91 Å². The summed E-state index contributed by atoms with van der Waals surface area (Å²) >= 11 is 0. The van der Waals surface area contributed by atoms with Crippen LogP contribution >= 0.6 is 0 Å². The largest absolute Gasteiger partial charge is 0.385 e. The van der Waals surface area contributed by atoms with Gasteiger partial charge < -0.3 is 10.1 Å². The number of amides is 1. The minimum Gasteiger partial charge on any atom is -0.385 e. The van der Waals surface area contributed by atoms with Gasteiger partial charge in [0, 0.05) is 38.7 Å². The third-order valence-electron chi connectivity index (χ3n) is 2.98. The van der Waals surface area contributed by atoms with E-state index < -0.39 is 0 Å². The van der Waals surface area contributed by atoms with Crippen LogP contribution in [-0.2, 0) is 16.1 Å². The fourth-order valence-electron chi connectivity index (χ4n) is 1.83. The molecule has 18 heavy (non-hydrogen) atoms. The number of nitrogens with one attached hydrogen (secondary N) is 1. The van der Waals surface area contributed by atoms with Gasteiger partial charge in [0.2, 0.25) is 5.91 Å². The lowest BCUT2D eigenvalue weighted by molar-refractivity contribution is -0.121. The number of imidazole rings is 1. The normalized spacial score (nSPS) is 14.7. The average molecular weight is 253 g/mol. The molecule has 1 aromatic heterocycles. The Morgan fingerprint density at radius 1 is 1.50 bits per heavy atom. The molecule has 1 aromatic rings. The van der Waals surface area contributed by atoms with Gasteiger partial charge >= 0.3 is 5.69 Å². The van der Waals surface area contributed by atoms with E-state index in [1.807, 2.05) is 0 Å². The second-order valence-electron chi connectivity index (χ2n) is 4.54. The van der Waals surface area contributed by atoms with Crippen molar-refractivity contribution in [2.24, 2.45) is 0 Å². The third-order valence-corrected chi connectivity index (χ3v) is 2.98. The maximum atomic E-state index is 11.9. The van der Waals surface area contributed by atoms with E-state index in [0.29, 0.717) is 19.2 Å². The van der Waals surface area contributed by atoms with Crippen molar-refractivity contribution in [3.05, 3.63) is 22.9 Å². The molecule has 1 saturated carbocycles. The number of rotatable bonds is 7. The van der Waals surface area contributed by atoms with Crippen molar-refractivity contribution in [3.63, 3.8) is 0 Å². The van der Waals surface area contributed by atoms with E-state index >= 15 is 0 Å². The molecule has 0 aromatic carbocycles. The van der Waals surface area contributed by atoms with Crippen LogP contribution in [0.1, 0.15) is 25.3 Å². The summed E-state index contributed by atoms with van der Waals surface area (Å²) < 4.78 is 8.04. The summed E-state index contributed by atoms with van der Waals surface area (Å²) in [4.78, 5) is 23.5. The molecule has 0 spiro atoms. The highest BCUT2D eigenvalue weighted by Crippen LogP contribution is 2.33. The molecule has 1 aliphatic carbocycles. The first-order chi connectivity index (χ1) is 8.72. The van der Waals surface area contributed by atoms with Gasteiger partial charge in [-0.1, -0.05) is 0 Å². The summed E-state index contributed by atoms with van der Waals surface area (Å²) in [6, 6.07) is 0.350. The van der Waals surface area contributed by atoms with Crippen LogP contribution in [0.3, 0.4) is 0 Å². The van der Waals surface area contributed by atoms with Crippen LogP contribution in [0.25, 0.3) is 0 Å². The average Bonchev–Trinajstić information content (AvgIpc) is 3.13. The quantitative estimate of drug-likeness (QED) is 0.703. The zero-order valence-corrected chi connectivity index (χ0v) is 10.6. The van der Waals surface area contributed by atoms with E-state index in [-0.39, 0.29) is 18.1 Å². The number of hydrogen-bond acceptors (Lipinski definition) is 3. The van der Waals surface area contributed by atoms with Crippen LogP contribution in [0.15, 0.2) is 17.2 Å².